The molecule has 174 valence electrons. The summed E-state index contributed by atoms with van der Waals surface area (Å²) >= 11 is 0. The Balaban J connectivity index is 1.50. The van der Waals surface area contributed by atoms with Crippen LogP contribution in [-0.4, -0.2) is 36.6 Å². The fourth-order valence-corrected chi connectivity index (χ4v) is 4.85. The molecular weight excluding hydrogens is 412 g/mol. The summed E-state index contributed by atoms with van der Waals surface area (Å²) in [5, 5.41) is 0. The first kappa shape index (κ1) is 23.1. The summed E-state index contributed by atoms with van der Waals surface area (Å²) in [5.74, 6) is 0. The Labute approximate surface area is 198 Å². The smallest absolute Gasteiger partial charge is 0.399 e. The van der Waals surface area contributed by atoms with E-state index in [1.807, 2.05) is 0 Å². The van der Waals surface area contributed by atoms with Crippen molar-refractivity contribution in [2.45, 2.75) is 90.3 Å². The molecule has 0 saturated carbocycles. The van der Waals surface area contributed by atoms with Crippen LogP contribution < -0.4 is 16.7 Å². The second-order valence-electron chi connectivity index (χ2n) is 12.0. The van der Waals surface area contributed by atoms with Gasteiger partial charge >= 0.3 is 14.2 Å². The highest BCUT2D eigenvalue weighted by atomic mass is 16.7. The van der Waals surface area contributed by atoms with Crippen LogP contribution in [0.25, 0.3) is 11.1 Å². The van der Waals surface area contributed by atoms with Gasteiger partial charge in [0.2, 0.25) is 0 Å². The molecule has 0 unspecified atom stereocenters. The van der Waals surface area contributed by atoms with E-state index in [1.165, 1.54) is 0 Å². The summed E-state index contributed by atoms with van der Waals surface area (Å²) in [4.78, 5) is 0. The van der Waals surface area contributed by atoms with Crippen molar-refractivity contribution in [3.8, 4) is 11.1 Å². The van der Waals surface area contributed by atoms with Crippen molar-refractivity contribution in [1.82, 2.24) is 0 Å². The fourth-order valence-electron chi connectivity index (χ4n) is 4.85. The highest BCUT2D eigenvalue weighted by molar-refractivity contribution is 6.62. The second kappa shape index (κ2) is 6.73. The van der Waals surface area contributed by atoms with Gasteiger partial charge in [-0.25, -0.2) is 0 Å². The van der Waals surface area contributed by atoms with E-state index in [-0.39, 0.29) is 22.4 Å². The molecule has 3 aliphatic rings. The van der Waals surface area contributed by atoms with Gasteiger partial charge in [-0.05, 0) is 95.5 Å². The van der Waals surface area contributed by atoms with Crippen LogP contribution in [0.15, 0.2) is 36.4 Å². The van der Waals surface area contributed by atoms with Crippen LogP contribution in [0, 0.1) is 0 Å². The first-order valence-electron chi connectivity index (χ1n) is 11.9. The Morgan fingerprint density at radius 3 is 1.15 bits per heavy atom. The number of hydrogen-bond donors (Lipinski definition) is 1. The zero-order chi connectivity index (χ0) is 24.2. The predicted molar refractivity (Wildman–Crippen MR) is 134 cm³/mol. The van der Waals surface area contributed by atoms with Gasteiger partial charge in [0, 0.05) is 0 Å². The van der Waals surface area contributed by atoms with Crippen molar-refractivity contribution in [1.29, 1.82) is 0 Å². The van der Waals surface area contributed by atoms with Gasteiger partial charge in [-0.2, -0.15) is 0 Å². The third-order valence-corrected chi connectivity index (χ3v) is 8.55. The topological polar surface area (TPSA) is 62.9 Å². The Bertz CT molecular complexity index is 1020. The third kappa shape index (κ3) is 3.28. The van der Waals surface area contributed by atoms with Crippen molar-refractivity contribution in [2.24, 2.45) is 5.73 Å². The number of hydrogen-bond acceptors (Lipinski definition) is 5. The Morgan fingerprint density at radius 2 is 0.848 bits per heavy atom. The summed E-state index contributed by atoms with van der Waals surface area (Å²) < 4.78 is 25.1. The lowest BCUT2D eigenvalue weighted by Gasteiger charge is -2.32. The van der Waals surface area contributed by atoms with Gasteiger partial charge in [-0.15, -0.1) is 0 Å². The first-order chi connectivity index (χ1) is 15.1. The largest absolute Gasteiger partial charge is 0.494 e. The first-order valence-corrected chi connectivity index (χ1v) is 11.9. The molecule has 33 heavy (non-hydrogen) atoms. The van der Waals surface area contributed by atoms with E-state index in [1.54, 1.807) is 0 Å². The van der Waals surface area contributed by atoms with Crippen molar-refractivity contribution < 1.29 is 18.6 Å². The molecule has 0 radical (unpaired) electrons. The quantitative estimate of drug-likeness (QED) is 0.715. The fraction of sp³-hybridized carbons (Fsp3) is 0.538. The van der Waals surface area contributed by atoms with E-state index in [0.29, 0.717) is 0 Å². The zero-order valence-electron chi connectivity index (χ0n) is 21.3. The summed E-state index contributed by atoms with van der Waals surface area (Å²) in [6, 6.07) is 12.8. The van der Waals surface area contributed by atoms with Crippen LogP contribution in [0.5, 0.6) is 0 Å². The summed E-state index contributed by atoms with van der Waals surface area (Å²) in [5.41, 5.74) is 11.2. The van der Waals surface area contributed by atoms with Crippen molar-refractivity contribution in [2.75, 3.05) is 0 Å². The average Bonchev–Trinajstić information content (AvgIpc) is 3.16. The number of fused-ring (bicyclic) bond motifs is 3. The minimum atomic E-state index is -0.649. The lowest BCUT2D eigenvalue weighted by Crippen LogP contribution is -2.41. The Hall–Kier alpha value is -1.63. The zero-order valence-corrected chi connectivity index (χ0v) is 21.3. The molecule has 0 aromatic heterocycles. The highest BCUT2D eigenvalue weighted by Crippen LogP contribution is 2.46. The maximum absolute atomic E-state index is 6.99. The van der Waals surface area contributed by atoms with Crippen molar-refractivity contribution in [3.05, 3.63) is 47.5 Å². The molecular formula is C26H35B2NO4. The molecule has 2 saturated heterocycles. The number of benzene rings is 2. The highest BCUT2D eigenvalue weighted by Gasteiger charge is 2.53. The lowest BCUT2D eigenvalue weighted by atomic mass is 9.75. The van der Waals surface area contributed by atoms with Gasteiger partial charge in [-0.3, -0.25) is 0 Å². The third-order valence-electron chi connectivity index (χ3n) is 8.55. The lowest BCUT2D eigenvalue weighted by molar-refractivity contribution is 0.00578. The van der Waals surface area contributed by atoms with E-state index in [4.69, 9.17) is 24.4 Å². The molecule has 2 fully saturated rings. The van der Waals surface area contributed by atoms with E-state index >= 15 is 0 Å². The minimum Gasteiger partial charge on any atom is -0.399 e. The SMILES string of the molecule is CC1(N)c2cc(B3OC(C)(C)C(C)(C)O3)ccc2-c2ccc(B3OC(C)(C)C(C)(C)O3)cc21. The molecule has 0 amide bonds. The summed E-state index contributed by atoms with van der Waals surface area (Å²) in [6.45, 7) is 18.6. The van der Waals surface area contributed by atoms with Gasteiger partial charge in [0.25, 0.3) is 0 Å². The molecule has 2 aromatic carbocycles. The van der Waals surface area contributed by atoms with Crippen LogP contribution >= 0.6 is 0 Å². The van der Waals surface area contributed by atoms with Gasteiger partial charge in [0.05, 0.1) is 27.9 Å². The molecule has 7 heteroatoms. The van der Waals surface area contributed by atoms with Crippen LogP contribution in [0.1, 0.15) is 73.4 Å². The molecule has 2 N–H and O–H groups in total. The number of nitrogens with two attached hydrogens (primary N) is 1. The molecule has 2 aliphatic heterocycles. The maximum atomic E-state index is 6.99. The molecule has 5 rings (SSSR count). The molecule has 0 spiro atoms. The van der Waals surface area contributed by atoms with E-state index in [9.17, 15) is 0 Å². The van der Waals surface area contributed by atoms with Crippen molar-refractivity contribution >= 4 is 25.2 Å². The monoisotopic (exact) mass is 447 g/mol. The second-order valence-corrected chi connectivity index (χ2v) is 12.0. The van der Waals surface area contributed by atoms with E-state index < -0.39 is 19.8 Å². The van der Waals surface area contributed by atoms with Gasteiger partial charge in [0.1, 0.15) is 0 Å². The van der Waals surface area contributed by atoms with Crippen molar-refractivity contribution in [3.63, 3.8) is 0 Å². The van der Waals surface area contributed by atoms with Crippen LogP contribution in [0.3, 0.4) is 0 Å². The van der Waals surface area contributed by atoms with E-state index in [0.717, 1.165) is 33.2 Å². The molecule has 0 atom stereocenters. The summed E-state index contributed by atoms with van der Waals surface area (Å²) in [7, 11) is -0.833. The Morgan fingerprint density at radius 1 is 0.545 bits per heavy atom. The van der Waals surface area contributed by atoms with Crippen LogP contribution in [0.4, 0.5) is 0 Å². The normalized spacial score (nSPS) is 25.3. The van der Waals surface area contributed by atoms with E-state index in [2.05, 4.69) is 98.7 Å². The van der Waals surface area contributed by atoms with Gasteiger partial charge in [-0.1, -0.05) is 36.4 Å². The molecule has 5 nitrogen and oxygen atoms in total. The predicted octanol–water partition coefficient (Wildman–Crippen LogP) is 3.49. The summed E-state index contributed by atoms with van der Waals surface area (Å²) in [6.07, 6.45) is 0. The number of rotatable bonds is 2. The molecule has 0 bridgehead atoms. The average molecular weight is 447 g/mol. The Kier molecular flexibility index (Phi) is 4.72. The van der Waals surface area contributed by atoms with Crippen LogP contribution in [0.2, 0.25) is 0 Å². The van der Waals surface area contributed by atoms with Gasteiger partial charge < -0.3 is 24.4 Å². The van der Waals surface area contributed by atoms with Crippen LogP contribution in [-0.2, 0) is 24.2 Å². The molecule has 2 aromatic rings. The molecule has 1 aliphatic carbocycles. The minimum absolute atomic E-state index is 0.386. The van der Waals surface area contributed by atoms with Gasteiger partial charge in [0.15, 0.2) is 0 Å². The standard InChI is InChI=1S/C26H35B2NO4/c1-22(2)23(3,4)31-27(30-22)16-10-12-18-19-13-11-17(15-21(19)26(9,29)20(18)14-16)28-32-24(5,6)25(7,8)33-28/h10-15H,29H2,1-9H3. The maximum Gasteiger partial charge on any atom is 0.494 e. The molecule has 2 heterocycles.